The molecule has 6 N–H and O–H groups in total. The van der Waals surface area contributed by atoms with Crippen molar-refractivity contribution in [3.05, 3.63) is 46.6 Å². The van der Waals surface area contributed by atoms with Crippen LogP contribution in [0.2, 0.25) is 0 Å². The van der Waals surface area contributed by atoms with Crippen LogP contribution in [0.1, 0.15) is 0 Å². The molecule has 0 saturated carbocycles. The Kier molecular flexibility index (Phi) is 6.30. The lowest BCUT2D eigenvalue weighted by Crippen LogP contribution is -2.54. The minimum absolute atomic E-state index is 0. The molecule has 1 aliphatic carbocycles. The number of halogens is 1. The largest absolute Gasteiger partial charge is 0.507 e. The molecule has 11 heteroatoms. The normalized spacial score (nSPS) is 23.3. The second kappa shape index (κ2) is 8.61. The number of phenols is 3. The lowest BCUT2D eigenvalue weighted by Gasteiger charge is -2.35. The van der Waals surface area contributed by atoms with Crippen molar-refractivity contribution in [3.8, 4) is 45.6 Å². The Morgan fingerprint density at radius 2 is 1.65 bits per heavy atom. The molecule has 1 unspecified atom stereocenters. The van der Waals surface area contributed by atoms with Crippen molar-refractivity contribution in [3.63, 3.8) is 0 Å². The molecule has 0 bridgehead atoms. The average Bonchev–Trinajstić information content (AvgIpc) is 2.70. The number of aromatic hydroxyl groups is 3. The summed E-state index contributed by atoms with van der Waals surface area (Å²) in [6, 6.07) is 7.27. The van der Waals surface area contributed by atoms with Crippen molar-refractivity contribution in [2.24, 2.45) is 0 Å². The zero-order valence-electron chi connectivity index (χ0n) is 15.7. The predicted molar refractivity (Wildman–Crippen MR) is 108 cm³/mol. The lowest BCUT2D eigenvalue weighted by atomic mass is 10.0. The number of ether oxygens (including phenoxy) is 2. The zero-order chi connectivity index (χ0) is 21.6. The summed E-state index contributed by atoms with van der Waals surface area (Å²) in [5.74, 6) is -1.23. The number of fused-ring (bicyclic) bond motifs is 1. The fourth-order valence-electron chi connectivity index (χ4n) is 3.14. The maximum atomic E-state index is 11.7. The highest BCUT2D eigenvalue weighted by Crippen LogP contribution is 2.42. The maximum absolute atomic E-state index is 11.7. The smallest absolute Gasteiger partial charge is 0.229 e. The van der Waals surface area contributed by atoms with E-state index in [1.165, 1.54) is 24.3 Å². The van der Waals surface area contributed by atoms with Gasteiger partial charge in [0.15, 0.2) is 28.4 Å². The van der Waals surface area contributed by atoms with Crippen LogP contribution in [0.5, 0.6) is 23.0 Å². The molecular weight excluding hydrogens is 436 g/mol. The van der Waals surface area contributed by atoms with Crippen LogP contribution in [0, 0.1) is 0 Å². The molecule has 0 amide bonds. The van der Waals surface area contributed by atoms with Crippen LogP contribution in [0.3, 0.4) is 0 Å². The van der Waals surface area contributed by atoms with Gasteiger partial charge in [-0.1, -0.05) is 0 Å². The van der Waals surface area contributed by atoms with Gasteiger partial charge >= 0.3 is 0 Å². The van der Waals surface area contributed by atoms with Crippen LogP contribution in [0.4, 0.5) is 0 Å². The van der Waals surface area contributed by atoms with E-state index >= 15 is 0 Å². The van der Waals surface area contributed by atoms with Gasteiger partial charge in [-0.25, -0.2) is 0 Å². The molecule has 0 radical (unpaired) electrons. The number of hydrogen-bond donors (Lipinski definition) is 6. The molecule has 4 atom stereocenters. The van der Waals surface area contributed by atoms with Gasteiger partial charge in [0, 0.05) is 17.7 Å². The Balaban J connectivity index is 0.00000272. The minimum Gasteiger partial charge on any atom is -0.507 e. The molecule has 3 aliphatic rings. The minimum atomic E-state index is -1.59. The number of benzene rings is 2. The molecule has 10 nitrogen and oxygen atoms in total. The molecule has 4 rings (SSSR count). The fraction of sp³-hybridized carbons (Fsp3) is 0.250. The molecule has 2 heterocycles. The van der Waals surface area contributed by atoms with Gasteiger partial charge in [-0.05, 0) is 24.3 Å². The number of aliphatic hydroxyl groups is 3. The van der Waals surface area contributed by atoms with Gasteiger partial charge in [0.05, 0.1) is 12.2 Å². The molecule has 31 heavy (non-hydrogen) atoms. The summed E-state index contributed by atoms with van der Waals surface area (Å²) in [5, 5.41) is 59.1. The monoisotopic (exact) mass is 454 g/mol. The quantitative estimate of drug-likeness (QED) is 0.310. The number of rotatable bonds is 3. The third-order valence-corrected chi connectivity index (χ3v) is 4.74. The van der Waals surface area contributed by atoms with Crippen LogP contribution in [0.25, 0.3) is 22.6 Å². The number of phenolic OH excluding ortho intramolecular Hbond substituents is 3. The first-order chi connectivity index (χ1) is 14.2. The summed E-state index contributed by atoms with van der Waals surface area (Å²) in [5.41, 5.74) is -0.133. The van der Waals surface area contributed by atoms with Crippen molar-refractivity contribution in [1.82, 2.24) is 0 Å². The first-order valence-electron chi connectivity index (χ1n) is 8.90. The fourth-order valence-corrected chi connectivity index (χ4v) is 3.14. The predicted octanol–water partition coefficient (Wildman–Crippen LogP) is 0.768. The van der Waals surface area contributed by atoms with Gasteiger partial charge in [0.25, 0.3) is 0 Å². The van der Waals surface area contributed by atoms with Gasteiger partial charge in [-0.3, -0.25) is 4.79 Å². The molecular formula is C20H19ClO10. The highest BCUT2D eigenvalue weighted by Gasteiger charge is 2.39. The third-order valence-electron chi connectivity index (χ3n) is 4.74. The summed E-state index contributed by atoms with van der Waals surface area (Å²) in [7, 11) is 0. The average molecular weight is 455 g/mol. The standard InChI is InChI=1S/C20H18O10.ClH/c21-9-4-12(23)10-6-16(30-20-18(27)17(26)14(25)7-28-20)19(29-15(10)5-9)8-1-2-11(22)13(24)3-8;/h1-6,14,17-18,20,22-27H,7H2;1H/t14-,17+,18-,20?;/m1./s1. The second-order valence-electron chi connectivity index (χ2n) is 6.87. The SMILES string of the molecule is Cl.O=c1cc2oc(-c3ccc(O)c(O)c3)c(OC3OC[C@@H](O)[C@H](O)[C@H]3O)cc-2c(O)c1. The lowest BCUT2D eigenvalue weighted by molar-refractivity contribution is -0.242. The molecule has 1 aromatic rings. The van der Waals surface area contributed by atoms with E-state index in [4.69, 9.17) is 13.9 Å². The Labute approximate surface area is 180 Å². The van der Waals surface area contributed by atoms with Crippen LogP contribution in [-0.4, -0.2) is 61.8 Å². The van der Waals surface area contributed by atoms with E-state index in [1.54, 1.807) is 0 Å². The topological polar surface area (TPSA) is 170 Å². The van der Waals surface area contributed by atoms with E-state index < -0.39 is 35.8 Å². The second-order valence-corrected chi connectivity index (χ2v) is 6.87. The first-order valence-corrected chi connectivity index (χ1v) is 8.90. The van der Waals surface area contributed by atoms with Crippen LogP contribution >= 0.6 is 12.4 Å². The highest BCUT2D eigenvalue weighted by molar-refractivity contribution is 5.85. The Morgan fingerprint density at radius 3 is 2.35 bits per heavy atom. The number of hydrogen-bond acceptors (Lipinski definition) is 10. The highest BCUT2D eigenvalue weighted by atomic mass is 35.5. The summed E-state index contributed by atoms with van der Waals surface area (Å²) in [4.78, 5) is 11.7. The molecule has 2 aliphatic heterocycles. The molecule has 166 valence electrons. The molecule has 1 fully saturated rings. The molecule has 1 aromatic carbocycles. The maximum Gasteiger partial charge on any atom is 0.229 e. The van der Waals surface area contributed by atoms with Gasteiger partial charge in [0.2, 0.25) is 6.29 Å². The molecule has 0 spiro atoms. The van der Waals surface area contributed by atoms with E-state index in [0.29, 0.717) is 0 Å². The summed E-state index contributed by atoms with van der Waals surface area (Å²) < 4.78 is 16.6. The summed E-state index contributed by atoms with van der Waals surface area (Å²) in [6.45, 7) is -0.298. The van der Waals surface area contributed by atoms with Crippen molar-refractivity contribution in [2.45, 2.75) is 24.6 Å². The van der Waals surface area contributed by atoms with Crippen molar-refractivity contribution in [1.29, 1.82) is 0 Å². The Morgan fingerprint density at radius 1 is 0.903 bits per heavy atom. The van der Waals surface area contributed by atoms with E-state index in [0.717, 1.165) is 12.1 Å². The Hall–Kier alpha value is -3.02. The van der Waals surface area contributed by atoms with Crippen LogP contribution in [0.15, 0.2) is 45.6 Å². The van der Waals surface area contributed by atoms with E-state index in [2.05, 4.69) is 0 Å². The zero-order valence-corrected chi connectivity index (χ0v) is 16.5. The Bertz CT molecular complexity index is 1110. The van der Waals surface area contributed by atoms with E-state index in [9.17, 15) is 35.4 Å². The van der Waals surface area contributed by atoms with Gasteiger partial charge in [0.1, 0.15) is 29.8 Å². The third kappa shape index (κ3) is 4.24. The molecule has 1 saturated heterocycles. The van der Waals surface area contributed by atoms with Gasteiger partial charge in [-0.15, -0.1) is 12.4 Å². The van der Waals surface area contributed by atoms with Gasteiger partial charge < -0.3 is 44.5 Å². The molecule has 0 aromatic heterocycles. The van der Waals surface area contributed by atoms with E-state index in [1.807, 2.05) is 0 Å². The van der Waals surface area contributed by atoms with Crippen molar-refractivity contribution >= 4 is 12.4 Å². The van der Waals surface area contributed by atoms with Gasteiger partial charge in [-0.2, -0.15) is 0 Å². The summed E-state index contributed by atoms with van der Waals surface area (Å²) >= 11 is 0. The number of aliphatic hydroxyl groups excluding tert-OH is 3. The van der Waals surface area contributed by atoms with Crippen LogP contribution < -0.4 is 10.2 Å². The van der Waals surface area contributed by atoms with Crippen molar-refractivity contribution < 1.29 is 44.5 Å². The summed E-state index contributed by atoms with van der Waals surface area (Å²) in [6.07, 6.45) is -5.79. The van der Waals surface area contributed by atoms with E-state index in [-0.39, 0.29) is 58.9 Å². The van der Waals surface area contributed by atoms with Crippen molar-refractivity contribution in [2.75, 3.05) is 6.61 Å². The van der Waals surface area contributed by atoms with Crippen LogP contribution in [-0.2, 0) is 4.74 Å². The first kappa shape index (κ1) is 22.7.